The first-order valence-electron chi connectivity index (χ1n) is 4.44. The third kappa shape index (κ3) is 0.428. The standard InChI is InChI=1S/C8H11NO2/c1-4-2-9-3-8(4)7-6(10-7)5(1)11-8/h4-7,9H,1-3H2. The van der Waals surface area contributed by atoms with Crippen molar-refractivity contribution in [2.24, 2.45) is 5.92 Å². The third-order valence-electron chi connectivity index (χ3n) is 3.74. The number of hydrogen-bond acceptors (Lipinski definition) is 3. The average molecular weight is 153 g/mol. The van der Waals surface area contributed by atoms with Gasteiger partial charge in [0.25, 0.3) is 0 Å². The zero-order valence-corrected chi connectivity index (χ0v) is 6.25. The molecule has 1 spiro atoms. The summed E-state index contributed by atoms with van der Waals surface area (Å²) in [6.45, 7) is 2.17. The summed E-state index contributed by atoms with van der Waals surface area (Å²) in [5.74, 6) is 0.747. The molecule has 3 heteroatoms. The monoisotopic (exact) mass is 153 g/mol. The Morgan fingerprint density at radius 3 is 3.36 bits per heavy atom. The van der Waals surface area contributed by atoms with Gasteiger partial charge in [-0.05, 0) is 6.42 Å². The molecule has 0 amide bonds. The summed E-state index contributed by atoms with van der Waals surface area (Å²) >= 11 is 0. The minimum absolute atomic E-state index is 0.120. The normalized spacial score (nSPS) is 69.8. The molecular weight excluding hydrogens is 142 g/mol. The SMILES string of the molecule is C1NCC23OC(CC12)C1OC13. The van der Waals surface area contributed by atoms with Gasteiger partial charge < -0.3 is 14.8 Å². The van der Waals surface area contributed by atoms with Gasteiger partial charge in [-0.15, -0.1) is 0 Å². The highest BCUT2D eigenvalue weighted by Gasteiger charge is 2.74. The van der Waals surface area contributed by atoms with Crippen LogP contribution in [0.3, 0.4) is 0 Å². The highest BCUT2D eigenvalue weighted by Crippen LogP contribution is 2.58. The number of ether oxygens (including phenoxy) is 2. The zero-order chi connectivity index (χ0) is 7.05. The Kier molecular flexibility index (Phi) is 0.685. The van der Waals surface area contributed by atoms with E-state index in [9.17, 15) is 0 Å². The molecule has 3 nitrogen and oxygen atoms in total. The highest BCUT2D eigenvalue weighted by atomic mass is 16.7. The van der Waals surface area contributed by atoms with E-state index in [1.54, 1.807) is 0 Å². The van der Waals surface area contributed by atoms with E-state index >= 15 is 0 Å². The van der Waals surface area contributed by atoms with Gasteiger partial charge in [-0.1, -0.05) is 0 Å². The Hall–Kier alpha value is -0.120. The van der Waals surface area contributed by atoms with Crippen LogP contribution in [0.25, 0.3) is 0 Å². The van der Waals surface area contributed by atoms with Crippen molar-refractivity contribution in [2.45, 2.75) is 30.3 Å². The molecule has 4 rings (SSSR count). The topological polar surface area (TPSA) is 33.8 Å². The molecule has 60 valence electrons. The van der Waals surface area contributed by atoms with Crippen LogP contribution in [0.4, 0.5) is 0 Å². The van der Waals surface area contributed by atoms with E-state index in [4.69, 9.17) is 9.47 Å². The van der Waals surface area contributed by atoms with Crippen molar-refractivity contribution in [3.05, 3.63) is 0 Å². The molecule has 4 heterocycles. The molecule has 0 aromatic carbocycles. The Morgan fingerprint density at radius 1 is 1.45 bits per heavy atom. The summed E-state index contributed by atoms with van der Waals surface area (Å²) < 4.78 is 11.5. The molecule has 4 aliphatic heterocycles. The highest BCUT2D eigenvalue weighted by molar-refractivity contribution is 5.23. The van der Waals surface area contributed by atoms with Gasteiger partial charge >= 0.3 is 0 Å². The Labute approximate surface area is 65.0 Å². The van der Waals surface area contributed by atoms with Crippen molar-refractivity contribution < 1.29 is 9.47 Å². The number of hydrogen-bond donors (Lipinski definition) is 1. The van der Waals surface area contributed by atoms with E-state index < -0.39 is 0 Å². The lowest BCUT2D eigenvalue weighted by Gasteiger charge is -2.23. The summed E-state index contributed by atoms with van der Waals surface area (Å²) in [4.78, 5) is 0. The maximum absolute atomic E-state index is 5.96. The Bertz CT molecular complexity index is 232. The van der Waals surface area contributed by atoms with Crippen LogP contribution in [0.2, 0.25) is 0 Å². The number of rotatable bonds is 0. The molecule has 4 saturated heterocycles. The smallest absolute Gasteiger partial charge is 0.117 e. The maximum Gasteiger partial charge on any atom is 0.117 e. The quantitative estimate of drug-likeness (QED) is 0.477. The molecule has 4 fully saturated rings. The largest absolute Gasteiger partial charge is 0.364 e. The van der Waals surface area contributed by atoms with Gasteiger partial charge in [0, 0.05) is 19.0 Å². The maximum atomic E-state index is 5.96. The molecule has 5 atom stereocenters. The lowest BCUT2D eigenvalue weighted by molar-refractivity contribution is -0.0543. The van der Waals surface area contributed by atoms with E-state index in [1.165, 1.54) is 6.42 Å². The molecule has 2 bridgehead atoms. The van der Waals surface area contributed by atoms with Gasteiger partial charge in [-0.3, -0.25) is 0 Å². The van der Waals surface area contributed by atoms with E-state index in [2.05, 4.69) is 5.32 Å². The van der Waals surface area contributed by atoms with E-state index in [0.717, 1.165) is 19.0 Å². The lowest BCUT2D eigenvalue weighted by atomic mass is 9.81. The van der Waals surface area contributed by atoms with E-state index in [0.29, 0.717) is 18.3 Å². The molecule has 0 saturated carbocycles. The fourth-order valence-electron chi connectivity index (χ4n) is 3.19. The molecule has 0 aromatic rings. The van der Waals surface area contributed by atoms with Crippen LogP contribution in [0.15, 0.2) is 0 Å². The van der Waals surface area contributed by atoms with E-state index in [1.807, 2.05) is 0 Å². The minimum atomic E-state index is 0.120. The van der Waals surface area contributed by atoms with Crippen molar-refractivity contribution in [1.29, 1.82) is 0 Å². The first-order chi connectivity index (χ1) is 5.40. The summed E-state index contributed by atoms with van der Waals surface area (Å²) in [6.07, 6.45) is 2.62. The molecule has 0 aromatic heterocycles. The Morgan fingerprint density at radius 2 is 2.45 bits per heavy atom. The first-order valence-corrected chi connectivity index (χ1v) is 4.44. The van der Waals surface area contributed by atoms with Crippen molar-refractivity contribution in [1.82, 2.24) is 5.32 Å². The van der Waals surface area contributed by atoms with Crippen molar-refractivity contribution in [3.63, 3.8) is 0 Å². The second kappa shape index (κ2) is 1.37. The first kappa shape index (κ1) is 5.51. The number of fused-ring (bicyclic) bond motifs is 3. The minimum Gasteiger partial charge on any atom is -0.364 e. The van der Waals surface area contributed by atoms with Gasteiger partial charge in [0.2, 0.25) is 0 Å². The van der Waals surface area contributed by atoms with Crippen molar-refractivity contribution in [2.75, 3.05) is 13.1 Å². The fourth-order valence-corrected chi connectivity index (χ4v) is 3.19. The second-order valence-electron chi connectivity index (χ2n) is 4.20. The predicted octanol–water partition coefficient (Wildman–Crippen LogP) is -0.486. The summed E-state index contributed by atoms with van der Waals surface area (Å²) in [6, 6.07) is 0. The number of epoxide rings is 1. The summed E-state index contributed by atoms with van der Waals surface area (Å²) in [5, 5.41) is 3.39. The van der Waals surface area contributed by atoms with Gasteiger partial charge in [-0.25, -0.2) is 0 Å². The van der Waals surface area contributed by atoms with Crippen LogP contribution < -0.4 is 5.32 Å². The fraction of sp³-hybridized carbons (Fsp3) is 1.00. The van der Waals surface area contributed by atoms with Crippen LogP contribution in [0.1, 0.15) is 6.42 Å². The van der Waals surface area contributed by atoms with Gasteiger partial charge in [0.15, 0.2) is 0 Å². The van der Waals surface area contributed by atoms with Gasteiger partial charge in [0.05, 0.1) is 6.10 Å². The van der Waals surface area contributed by atoms with Crippen LogP contribution in [0.5, 0.6) is 0 Å². The second-order valence-corrected chi connectivity index (χ2v) is 4.20. The third-order valence-corrected chi connectivity index (χ3v) is 3.74. The van der Waals surface area contributed by atoms with Crippen LogP contribution >= 0.6 is 0 Å². The molecule has 11 heavy (non-hydrogen) atoms. The van der Waals surface area contributed by atoms with Crippen LogP contribution in [-0.2, 0) is 9.47 Å². The van der Waals surface area contributed by atoms with Crippen molar-refractivity contribution in [3.8, 4) is 0 Å². The van der Waals surface area contributed by atoms with Gasteiger partial charge in [0.1, 0.15) is 17.8 Å². The van der Waals surface area contributed by atoms with Crippen molar-refractivity contribution >= 4 is 0 Å². The summed E-state index contributed by atoms with van der Waals surface area (Å²) in [5.41, 5.74) is 0.120. The van der Waals surface area contributed by atoms with Crippen LogP contribution in [-0.4, -0.2) is 37.0 Å². The molecular formula is C8H11NO2. The average Bonchev–Trinajstić information content (AvgIpc) is 2.48. The molecule has 5 unspecified atom stereocenters. The lowest BCUT2D eigenvalue weighted by Crippen LogP contribution is -2.40. The molecule has 0 radical (unpaired) electrons. The molecule has 1 N–H and O–H groups in total. The Balaban J connectivity index is 1.87. The van der Waals surface area contributed by atoms with Crippen LogP contribution in [0, 0.1) is 5.92 Å². The van der Waals surface area contributed by atoms with E-state index in [-0.39, 0.29) is 5.60 Å². The predicted molar refractivity (Wildman–Crippen MR) is 37.2 cm³/mol. The molecule has 4 aliphatic rings. The van der Waals surface area contributed by atoms with Gasteiger partial charge in [-0.2, -0.15) is 0 Å². The zero-order valence-electron chi connectivity index (χ0n) is 6.25. The number of nitrogens with one attached hydrogen (secondary N) is 1. The molecule has 0 aliphatic carbocycles. The summed E-state index contributed by atoms with van der Waals surface area (Å²) in [7, 11) is 0.